The maximum absolute atomic E-state index is 12.1. The molecule has 6 nitrogen and oxygen atoms in total. The number of hydrogen-bond donors (Lipinski definition) is 1. The lowest BCUT2D eigenvalue weighted by molar-refractivity contribution is 0.0468. The average Bonchev–Trinajstić information content (AvgIpc) is 3.37. The summed E-state index contributed by atoms with van der Waals surface area (Å²) in [7, 11) is 0. The molecule has 0 spiro atoms. The van der Waals surface area contributed by atoms with Crippen LogP contribution < -0.4 is 0 Å². The monoisotopic (exact) mass is 346 g/mol. The molecule has 0 unspecified atom stereocenters. The van der Waals surface area contributed by atoms with Gasteiger partial charge in [-0.25, -0.2) is 4.79 Å². The number of ketones is 1. The van der Waals surface area contributed by atoms with Crippen LogP contribution in [-0.2, 0) is 4.74 Å². The number of H-pyrrole nitrogens is 1. The highest BCUT2D eigenvalue weighted by Gasteiger charge is 2.15. The van der Waals surface area contributed by atoms with Crippen molar-refractivity contribution in [1.82, 2.24) is 10.2 Å². The van der Waals surface area contributed by atoms with Crippen molar-refractivity contribution in [3.63, 3.8) is 0 Å². The van der Waals surface area contributed by atoms with Crippen LogP contribution in [0.2, 0.25) is 0 Å². The van der Waals surface area contributed by atoms with Gasteiger partial charge in [0.25, 0.3) is 0 Å². The number of hydrogen-bond acceptors (Lipinski definition) is 5. The van der Waals surface area contributed by atoms with Gasteiger partial charge in [-0.3, -0.25) is 9.89 Å². The minimum Gasteiger partial charge on any atom is -0.472 e. The predicted octanol–water partition coefficient (Wildman–Crippen LogP) is 3.86. The summed E-state index contributed by atoms with van der Waals surface area (Å²) in [6.45, 7) is -0.358. The van der Waals surface area contributed by atoms with Crippen LogP contribution in [0, 0.1) is 0 Å². The molecule has 4 aromatic rings. The number of carbonyl (C=O) groups is 2. The summed E-state index contributed by atoms with van der Waals surface area (Å²) in [5.74, 6) is -0.970. The molecule has 2 heterocycles. The first kappa shape index (κ1) is 15.8. The van der Waals surface area contributed by atoms with Crippen molar-refractivity contribution < 1.29 is 18.7 Å². The maximum atomic E-state index is 12.1. The molecule has 0 atom stereocenters. The Labute approximate surface area is 148 Å². The van der Waals surface area contributed by atoms with E-state index in [4.69, 9.17) is 9.15 Å². The number of Topliss-reactive ketones (excluding diaryl/α,β-unsaturated/α-hetero) is 1. The zero-order valence-corrected chi connectivity index (χ0v) is 13.6. The van der Waals surface area contributed by atoms with Gasteiger partial charge in [0.2, 0.25) is 5.78 Å². The van der Waals surface area contributed by atoms with E-state index >= 15 is 0 Å². The topological polar surface area (TPSA) is 85.2 Å². The molecule has 4 rings (SSSR count). The third-order valence-corrected chi connectivity index (χ3v) is 4.02. The number of aromatic amines is 1. The summed E-state index contributed by atoms with van der Waals surface area (Å²) in [6.07, 6.45) is 2.70. The van der Waals surface area contributed by atoms with E-state index in [1.807, 2.05) is 42.5 Å². The second kappa shape index (κ2) is 6.68. The minimum atomic E-state index is -0.638. The van der Waals surface area contributed by atoms with Crippen molar-refractivity contribution in [2.45, 2.75) is 0 Å². The van der Waals surface area contributed by atoms with Crippen LogP contribution in [0.3, 0.4) is 0 Å². The van der Waals surface area contributed by atoms with Gasteiger partial charge in [0.15, 0.2) is 6.61 Å². The van der Waals surface area contributed by atoms with Crippen molar-refractivity contribution in [3.05, 3.63) is 78.4 Å². The summed E-state index contributed by atoms with van der Waals surface area (Å²) >= 11 is 0. The number of ether oxygens (including phenoxy) is 1. The average molecular weight is 346 g/mol. The zero-order chi connectivity index (χ0) is 17.9. The number of nitrogens with zero attached hydrogens (tertiary/aromatic N) is 1. The quantitative estimate of drug-likeness (QED) is 0.438. The number of nitrogens with one attached hydrogen (secondary N) is 1. The molecular formula is C20H14N2O4. The molecule has 0 bridgehead atoms. The largest absolute Gasteiger partial charge is 0.472 e. The highest BCUT2D eigenvalue weighted by Crippen LogP contribution is 2.23. The summed E-state index contributed by atoms with van der Waals surface area (Å²) in [5, 5.41) is 9.04. The van der Waals surface area contributed by atoms with Gasteiger partial charge in [-0.2, -0.15) is 5.10 Å². The van der Waals surface area contributed by atoms with Gasteiger partial charge in [0, 0.05) is 5.56 Å². The molecule has 26 heavy (non-hydrogen) atoms. The molecule has 2 aromatic heterocycles. The van der Waals surface area contributed by atoms with Crippen molar-refractivity contribution in [2.75, 3.05) is 6.61 Å². The first-order chi connectivity index (χ1) is 12.7. The molecule has 0 aliphatic carbocycles. The first-order valence-corrected chi connectivity index (χ1v) is 7.98. The number of aromatic nitrogens is 2. The van der Waals surface area contributed by atoms with Crippen molar-refractivity contribution in [2.24, 2.45) is 0 Å². The second-order valence-electron chi connectivity index (χ2n) is 5.74. The second-order valence-corrected chi connectivity index (χ2v) is 5.74. The number of benzene rings is 2. The highest BCUT2D eigenvalue weighted by molar-refractivity contribution is 5.99. The fourth-order valence-electron chi connectivity index (χ4n) is 2.64. The van der Waals surface area contributed by atoms with E-state index in [1.165, 1.54) is 18.6 Å². The van der Waals surface area contributed by atoms with Crippen molar-refractivity contribution in [1.29, 1.82) is 0 Å². The molecule has 0 amide bonds. The smallest absolute Gasteiger partial charge is 0.356 e. The summed E-state index contributed by atoms with van der Waals surface area (Å²) in [6, 6.07) is 17.1. The molecule has 128 valence electrons. The molecule has 0 aliphatic heterocycles. The molecule has 0 saturated heterocycles. The van der Waals surface area contributed by atoms with Crippen molar-refractivity contribution in [3.8, 4) is 11.3 Å². The third-order valence-electron chi connectivity index (χ3n) is 4.02. The van der Waals surface area contributed by atoms with Crippen LogP contribution in [0.4, 0.5) is 0 Å². The van der Waals surface area contributed by atoms with Gasteiger partial charge in [-0.05, 0) is 29.0 Å². The fourth-order valence-corrected chi connectivity index (χ4v) is 2.64. The van der Waals surface area contributed by atoms with E-state index in [2.05, 4.69) is 10.2 Å². The highest BCUT2D eigenvalue weighted by atomic mass is 16.5. The number of fused-ring (bicyclic) bond motifs is 1. The van der Waals surface area contributed by atoms with Gasteiger partial charge in [-0.1, -0.05) is 36.4 Å². The molecule has 0 saturated carbocycles. The van der Waals surface area contributed by atoms with E-state index in [0.29, 0.717) is 11.3 Å². The predicted molar refractivity (Wildman–Crippen MR) is 94.9 cm³/mol. The van der Waals surface area contributed by atoms with Crippen LogP contribution in [0.25, 0.3) is 22.0 Å². The van der Waals surface area contributed by atoms with E-state index in [1.54, 1.807) is 6.07 Å². The molecule has 0 aliphatic rings. The van der Waals surface area contributed by atoms with Gasteiger partial charge < -0.3 is 9.15 Å². The maximum Gasteiger partial charge on any atom is 0.356 e. The molecule has 0 radical (unpaired) electrons. The number of rotatable bonds is 5. The third kappa shape index (κ3) is 3.12. The van der Waals surface area contributed by atoms with Gasteiger partial charge >= 0.3 is 5.97 Å². The Balaban J connectivity index is 1.48. The van der Waals surface area contributed by atoms with E-state index < -0.39 is 5.97 Å². The van der Waals surface area contributed by atoms with E-state index in [0.717, 1.165) is 16.3 Å². The van der Waals surface area contributed by atoms with Crippen LogP contribution in [-0.4, -0.2) is 28.6 Å². The lowest BCUT2D eigenvalue weighted by Gasteiger charge is -2.01. The Morgan fingerprint density at radius 3 is 2.69 bits per heavy atom. The molecule has 1 N–H and O–H groups in total. The Morgan fingerprint density at radius 2 is 1.88 bits per heavy atom. The SMILES string of the molecule is O=C(COC(=O)c1cc(-c2ccc3ccccc3c2)n[nH]1)c1ccoc1. The molecule has 6 heteroatoms. The number of carbonyl (C=O) groups excluding carboxylic acids is 2. The first-order valence-electron chi connectivity index (χ1n) is 7.98. The molecular weight excluding hydrogens is 332 g/mol. The van der Waals surface area contributed by atoms with Gasteiger partial charge in [-0.15, -0.1) is 0 Å². The van der Waals surface area contributed by atoms with E-state index in [9.17, 15) is 9.59 Å². The Kier molecular flexibility index (Phi) is 4.07. The summed E-state index contributed by atoms with van der Waals surface area (Å²) < 4.78 is 9.86. The molecule has 2 aromatic carbocycles. The fraction of sp³-hybridized carbons (Fsp3) is 0.0500. The van der Waals surface area contributed by atoms with Gasteiger partial charge in [0.05, 0.1) is 17.5 Å². The zero-order valence-electron chi connectivity index (χ0n) is 13.6. The van der Waals surface area contributed by atoms with Crippen LogP contribution >= 0.6 is 0 Å². The van der Waals surface area contributed by atoms with Crippen molar-refractivity contribution >= 4 is 22.5 Å². The summed E-state index contributed by atoms with van der Waals surface area (Å²) in [5.41, 5.74) is 2.06. The normalized spacial score (nSPS) is 10.8. The van der Waals surface area contributed by atoms with Crippen LogP contribution in [0.15, 0.2) is 71.5 Å². The number of furan rings is 1. The minimum absolute atomic E-state index is 0.188. The standard InChI is InChI=1S/C20H14N2O4/c23-19(16-7-8-25-11-16)12-26-20(24)18-10-17(21-22-18)15-6-5-13-3-1-2-4-14(13)9-15/h1-11H,12H2,(H,21,22). The number of esters is 1. The Bertz CT molecular complexity index is 1080. The Morgan fingerprint density at radius 1 is 1.04 bits per heavy atom. The van der Waals surface area contributed by atoms with E-state index in [-0.39, 0.29) is 18.1 Å². The van der Waals surface area contributed by atoms with Gasteiger partial charge in [0.1, 0.15) is 12.0 Å². The molecule has 0 fully saturated rings. The lowest BCUT2D eigenvalue weighted by Crippen LogP contribution is -2.14. The van der Waals surface area contributed by atoms with Crippen LogP contribution in [0.5, 0.6) is 0 Å². The Hall–Kier alpha value is -3.67. The summed E-state index contributed by atoms with van der Waals surface area (Å²) in [4.78, 5) is 23.9. The van der Waals surface area contributed by atoms with Crippen LogP contribution in [0.1, 0.15) is 20.8 Å². The lowest BCUT2D eigenvalue weighted by atomic mass is 10.1.